The maximum Gasteiger partial charge on any atom is 0.259 e. The molecular formula is C26H17Br2N3O6. The van der Waals surface area contributed by atoms with Crippen LogP contribution in [-0.4, -0.2) is 56.8 Å². The van der Waals surface area contributed by atoms with Crippen molar-refractivity contribution in [1.29, 1.82) is 0 Å². The number of nitrogens with zero attached hydrogens (tertiary/aromatic N) is 2. The van der Waals surface area contributed by atoms with Crippen molar-refractivity contribution in [1.82, 2.24) is 14.5 Å². The van der Waals surface area contributed by atoms with Gasteiger partial charge in [0.15, 0.2) is 12.5 Å². The number of rotatable bonds is 1. The van der Waals surface area contributed by atoms with Crippen LogP contribution in [0.15, 0.2) is 45.3 Å². The van der Waals surface area contributed by atoms with E-state index in [1.54, 1.807) is 0 Å². The Balaban J connectivity index is 1.70. The summed E-state index contributed by atoms with van der Waals surface area (Å²) >= 11 is 7.10. The number of hydrogen-bond donors (Lipinski definition) is 3. The van der Waals surface area contributed by atoms with E-state index >= 15 is 0 Å². The van der Waals surface area contributed by atoms with E-state index in [0.717, 1.165) is 30.8 Å². The Morgan fingerprint density at radius 3 is 2.00 bits per heavy atom. The number of aliphatic hydroxyl groups is 2. The van der Waals surface area contributed by atoms with Crippen molar-refractivity contribution in [3.63, 3.8) is 0 Å². The average molecular weight is 627 g/mol. The summed E-state index contributed by atoms with van der Waals surface area (Å²) in [5.74, 6) is -0.910. The predicted octanol–water partition coefficient (Wildman–Crippen LogP) is 4.09. The Hall–Kier alpha value is -2.80. The number of imide groups is 1. The second-order valence-electron chi connectivity index (χ2n) is 9.64. The predicted molar refractivity (Wildman–Crippen MR) is 142 cm³/mol. The van der Waals surface area contributed by atoms with E-state index in [0.29, 0.717) is 32.9 Å². The highest BCUT2D eigenvalue weighted by molar-refractivity contribution is 9.10. The number of ether oxygens (including phenoxy) is 2. The van der Waals surface area contributed by atoms with E-state index in [4.69, 9.17) is 9.47 Å². The van der Waals surface area contributed by atoms with Crippen LogP contribution < -0.4 is 5.32 Å². The van der Waals surface area contributed by atoms with Crippen LogP contribution in [0.4, 0.5) is 0 Å². The summed E-state index contributed by atoms with van der Waals surface area (Å²) in [5, 5.41) is 27.7. The fourth-order valence-electron chi connectivity index (χ4n) is 6.63. The Labute approximate surface area is 224 Å². The van der Waals surface area contributed by atoms with Gasteiger partial charge in [-0.1, -0.05) is 31.9 Å². The van der Waals surface area contributed by atoms with E-state index in [-0.39, 0.29) is 0 Å². The number of amides is 2. The second kappa shape index (κ2) is 7.19. The standard InChI is InChI=1S/C26H17Br2N3O6/c1-36-22-21(32)20-25(37-26(22)35)31-13-5-3-9(28)7-11(13)15-17-16(23(33)29-24(17)34)14-10-6-8(27)2-4-12(10)30(20)18(14)19(15)31/h2-7,20-22,25-26,32,35H,1H3,(H,29,33,34). The highest BCUT2D eigenvalue weighted by Gasteiger charge is 2.51. The molecule has 8 rings (SSSR count). The first-order valence-electron chi connectivity index (χ1n) is 11.6. The molecule has 5 heterocycles. The van der Waals surface area contributed by atoms with Crippen molar-refractivity contribution in [3.05, 3.63) is 56.5 Å². The van der Waals surface area contributed by atoms with Crippen LogP contribution in [0, 0.1) is 0 Å². The molecule has 5 aromatic rings. The Morgan fingerprint density at radius 2 is 1.43 bits per heavy atom. The normalized spacial score (nSPS) is 26.6. The monoisotopic (exact) mass is 625 g/mol. The lowest BCUT2D eigenvalue weighted by Gasteiger charge is -2.46. The lowest BCUT2D eigenvalue weighted by molar-refractivity contribution is -0.287. The van der Waals surface area contributed by atoms with Crippen LogP contribution in [0.5, 0.6) is 0 Å². The largest absolute Gasteiger partial charge is 0.388 e. The van der Waals surface area contributed by atoms with E-state index in [9.17, 15) is 19.8 Å². The van der Waals surface area contributed by atoms with Crippen molar-refractivity contribution in [3.8, 4) is 0 Å². The van der Waals surface area contributed by atoms with Gasteiger partial charge in [-0.15, -0.1) is 0 Å². The molecule has 3 N–H and O–H groups in total. The topological polar surface area (TPSA) is 115 Å². The molecule has 5 unspecified atom stereocenters. The van der Waals surface area contributed by atoms with Gasteiger partial charge >= 0.3 is 0 Å². The van der Waals surface area contributed by atoms with Gasteiger partial charge in [0.05, 0.1) is 27.7 Å². The van der Waals surface area contributed by atoms with E-state index in [1.807, 2.05) is 45.5 Å². The molecule has 9 nitrogen and oxygen atoms in total. The van der Waals surface area contributed by atoms with Crippen molar-refractivity contribution in [2.24, 2.45) is 0 Å². The number of hydrogen-bond acceptors (Lipinski definition) is 6. The first-order chi connectivity index (χ1) is 17.8. The van der Waals surface area contributed by atoms with Crippen molar-refractivity contribution in [2.75, 3.05) is 7.11 Å². The molecule has 37 heavy (non-hydrogen) atoms. The Kier molecular flexibility index (Phi) is 4.31. The summed E-state index contributed by atoms with van der Waals surface area (Å²) < 4.78 is 17.2. The summed E-state index contributed by atoms with van der Waals surface area (Å²) in [5.41, 5.74) is 3.58. The fraction of sp³-hybridized carbons (Fsp3) is 0.231. The van der Waals surface area contributed by atoms with E-state index in [1.165, 1.54) is 7.11 Å². The fourth-order valence-corrected chi connectivity index (χ4v) is 7.36. The molecule has 186 valence electrons. The maximum absolute atomic E-state index is 13.3. The van der Waals surface area contributed by atoms with E-state index in [2.05, 4.69) is 37.2 Å². The van der Waals surface area contributed by atoms with Gasteiger partial charge in [-0.3, -0.25) is 14.9 Å². The van der Waals surface area contributed by atoms with Gasteiger partial charge in [-0.05, 0) is 36.4 Å². The third kappa shape index (κ3) is 2.52. The van der Waals surface area contributed by atoms with Crippen molar-refractivity contribution in [2.45, 2.75) is 30.8 Å². The van der Waals surface area contributed by atoms with Gasteiger partial charge in [0.1, 0.15) is 18.2 Å². The molecule has 2 amide bonds. The van der Waals surface area contributed by atoms with Gasteiger partial charge in [0.2, 0.25) is 0 Å². The first kappa shape index (κ1) is 22.2. The molecule has 3 aromatic carbocycles. The van der Waals surface area contributed by atoms with Crippen molar-refractivity contribution >= 4 is 87.3 Å². The molecule has 0 spiro atoms. The number of benzene rings is 3. The second-order valence-corrected chi connectivity index (χ2v) is 11.5. The molecule has 0 aliphatic carbocycles. The average Bonchev–Trinajstić information content (AvgIpc) is 3.46. The quantitative estimate of drug-likeness (QED) is 0.242. The minimum atomic E-state index is -1.38. The van der Waals surface area contributed by atoms with Gasteiger partial charge in [0.25, 0.3) is 11.8 Å². The summed E-state index contributed by atoms with van der Waals surface area (Å²) in [4.78, 5) is 26.6. The Bertz CT molecular complexity index is 1910. The molecule has 1 saturated heterocycles. The van der Waals surface area contributed by atoms with Crippen LogP contribution in [0.3, 0.4) is 0 Å². The molecule has 1 fully saturated rings. The van der Waals surface area contributed by atoms with Gasteiger partial charge < -0.3 is 28.8 Å². The van der Waals surface area contributed by atoms with Crippen molar-refractivity contribution < 1.29 is 29.3 Å². The third-order valence-electron chi connectivity index (χ3n) is 7.95. The number of aromatic nitrogens is 2. The molecule has 0 radical (unpaired) electrons. The Morgan fingerprint density at radius 1 is 0.892 bits per heavy atom. The molecule has 0 saturated carbocycles. The maximum atomic E-state index is 13.3. The number of aliphatic hydroxyl groups excluding tert-OH is 2. The first-order valence-corrected chi connectivity index (χ1v) is 13.2. The van der Waals surface area contributed by atoms with Gasteiger partial charge in [-0.2, -0.15) is 0 Å². The van der Waals surface area contributed by atoms with Crippen LogP contribution in [0.2, 0.25) is 0 Å². The number of fused-ring (bicyclic) bond motifs is 12. The summed E-state index contributed by atoms with van der Waals surface area (Å²) in [6.45, 7) is 0. The van der Waals surface area contributed by atoms with Crippen LogP contribution in [0.25, 0.3) is 43.6 Å². The van der Waals surface area contributed by atoms with Crippen LogP contribution >= 0.6 is 31.9 Å². The highest BCUT2D eigenvalue weighted by atomic mass is 79.9. The smallest absolute Gasteiger partial charge is 0.259 e. The molecule has 11 heteroatoms. The van der Waals surface area contributed by atoms with Crippen LogP contribution in [0.1, 0.15) is 33.0 Å². The van der Waals surface area contributed by atoms with Crippen LogP contribution in [-0.2, 0) is 9.47 Å². The molecule has 2 aromatic heterocycles. The number of carbonyl (C=O) groups excluding carboxylic acids is 2. The minimum Gasteiger partial charge on any atom is -0.388 e. The van der Waals surface area contributed by atoms with E-state index < -0.39 is 42.6 Å². The summed E-state index contributed by atoms with van der Waals surface area (Å²) in [7, 11) is 1.42. The summed E-state index contributed by atoms with van der Waals surface area (Å²) in [6.07, 6.45) is -4.32. The SMILES string of the molecule is COC1C(O)OC2C(C1O)n1c3ccc(Br)cc3c3c4c(c5c6cc(Br)ccc6n2c5c31)C(=O)NC4=O. The third-order valence-corrected chi connectivity index (χ3v) is 8.94. The lowest BCUT2D eigenvalue weighted by atomic mass is 9.94. The molecule has 3 aliphatic heterocycles. The zero-order valence-electron chi connectivity index (χ0n) is 19.0. The van der Waals surface area contributed by atoms with Gasteiger partial charge in [-0.25, -0.2) is 0 Å². The highest BCUT2D eigenvalue weighted by Crippen LogP contribution is 2.54. The number of halogens is 2. The molecular weight excluding hydrogens is 610 g/mol. The molecule has 0 bridgehead atoms. The van der Waals surface area contributed by atoms with Gasteiger partial charge in [0, 0.05) is 43.1 Å². The minimum absolute atomic E-state index is 0.318. The zero-order valence-corrected chi connectivity index (χ0v) is 22.2. The molecule has 3 aliphatic rings. The zero-order chi connectivity index (χ0) is 25.5. The number of nitrogens with one attached hydrogen (secondary N) is 1. The number of methoxy groups -OCH3 is 1. The summed E-state index contributed by atoms with van der Waals surface area (Å²) in [6, 6.07) is 10.7. The molecule has 5 atom stereocenters. The number of carbonyl (C=O) groups is 2. The lowest BCUT2D eigenvalue weighted by Crippen LogP contribution is -2.54.